The number of carbonyl (C=O) groups excluding carboxylic acids is 2. The van der Waals surface area contributed by atoms with E-state index < -0.39 is 41.8 Å². The van der Waals surface area contributed by atoms with Gasteiger partial charge in [-0.25, -0.2) is 18.4 Å². The molecule has 0 aliphatic carbocycles. The molecule has 0 aromatic heterocycles. The van der Waals surface area contributed by atoms with Gasteiger partial charge in [0.15, 0.2) is 0 Å². The van der Waals surface area contributed by atoms with Gasteiger partial charge in [0.1, 0.15) is 35.6 Å². The topological polar surface area (TPSA) is 73.9 Å². The van der Waals surface area contributed by atoms with Crippen LogP contribution in [-0.4, -0.2) is 30.8 Å². The fourth-order valence-electron chi connectivity index (χ4n) is 2.59. The third kappa shape index (κ3) is 7.02. The van der Waals surface area contributed by atoms with Gasteiger partial charge in [-0.1, -0.05) is 30.3 Å². The Bertz CT molecular complexity index is 858. The van der Waals surface area contributed by atoms with Gasteiger partial charge in [0.2, 0.25) is 0 Å². The molecule has 2 aromatic carbocycles. The van der Waals surface area contributed by atoms with E-state index in [1.807, 2.05) is 30.3 Å². The molecule has 1 atom stereocenters. The highest BCUT2D eigenvalue weighted by Crippen LogP contribution is 2.23. The number of amides is 1. The van der Waals surface area contributed by atoms with Crippen LogP contribution in [0.1, 0.15) is 31.9 Å². The molecule has 0 spiro atoms. The number of rotatable bonds is 7. The first-order valence-corrected chi connectivity index (χ1v) is 9.31. The van der Waals surface area contributed by atoms with Crippen LogP contribution in [0.25, 0.3) is 0 Å². The Morgan fingerprint density at radius 2 is 1.67 bits per heavy atom. The lowest BCUT2D eigenvalue weighted by molar-refractivity contribution is -0.143. The van der Waals surface area contributed by atoms with Crippen molar-refractivity contribution in [1.82, 2.24) is 5.32 Å². The number of methoxy groups -OCH3 is 1. The second-order valence-corrected chi connectivity index (χ2v) is 7.57. The average molecular weight is 421 g/mol. The monoisotopic (exact) mass is 421 g/mol. The summed E-state index contributed by atoms with van der Waals surface area (Å²) in [6.07, 6.45) is -1.36. The first kappa shape index (κ1) is 23.1. The van der Waals surface area contributed by atoms with Crippen molar-refractivity contribution in [2.45, 2.75) is 45.4 Å². The third-order valence-electron chi connectivity index (χ3n) is 3.95. The van der Waals surface area contributed by atoms with E-state index in [1.165, 1.54) is 0 Å². The van der Waals surface area contributed by atoms with Gasteiger partial charge in [0.05, 0.1) is 7.11 Å². The molecule has 6 nitrogen and oxygen atoms in total. The van der Waals surface area contributed by atoms with Crippen LogP contribution in [0.4, 0.5) is 13.6 Å². The van der Waals surface area contributed by atoms with E-state index in [1.54, 1.807) is 20.8 Å². The molecule has 30 heavy (non-hydrogen) atoms. The molecule has 0 radical (unpaired) electrons. The zero-order valence-electron chi connectivity index (χ0n) is 17.3. The molecule has 0 aliphatic rings. The lowest BCUT2D eigenvalue weighted by atomic mass is 10.0. The number of ether oxygens (including phenoxy) is 3. The van der Waals surface area contributed by atoms with Crippen LogP contribution in [0.5, 0.6) is 5.75 Å². The van der Waals surface area contributed by atoms with Crippen molar-refractivity contribution in [2.24, 2.45) is 0 Å². The number of esters is 1. The third-order valence-corrected chi connectivity index (χ3v) is 3.95. The summed E-state index contributed by atoms with van der Waals surface area (Å²) in [4.78, 5) is 24.0. The van der Waals surface area contributed by atoms with Crippen molar-refractivity contribution < 1.29 is 32.6 Å². The molecular weight excluding hydrogens is 396 g/mol. The highest BCUT2D eigenvalue weighted by Gasteiger charge is 2.28. The Kier molecular flexibility index (Phi) is 7.74. The second kappa shape index (κ2) is 10.0. The summed E-state index contributed by atoms with van der Waals surface area (Å²) < 4.78 is 44.3. The largest absolute Gasteiger partial charge is 0.489 e. The molecular formula is C22H25F2NO5. The second-order valence-electron chi connectivity index (χ2n) is 7.57. The summed E-state index contributed by atoms with van der Waals surface area (Å²) in [7, 11) is 1.11. The number of carbonyl (C=O) groups is 2. The molecule has 0 saturated carbocycles. The quantitative estimate of drug-likeness (QED) is 0.680. The first-order chi connectivity index (χ1) is 14.1. The van der Waals surface area contributed by atoms with E-state index in [0.29, 0.717) is 0 Å². The van der Waals surface area contributed by atoms with Crippen molar-refractivity contribution >= 4 is 12.1 Å². The van der Waals surface area contributed by atoms with E-state index in [4.69, 9.17) is 9.47 Å². The van der Waals surface area contributed by atoms with Gasteiger partial charge in [-0.05, 0) is 26.3 Å². The van der Waals surface area contributed by atoms with Crippen LogP contribution in [-0.2, 0) is 27.3 Å². The minimum atomic E-state index is -1.33. The van der Waals surface area contributed by atoms with E-state index in [-0.39, 0.29) is 17.9 Å². The summed E-state index contributed by atoms with van der Waals surface area (Å²) in [5.41, 5.74) is -0.345. The molecule has 1 amide bonds. The van der Waals surface area contributed by atoms with Crippen molar-refractivity contribution in [3.63, 3.8) is 0 Å². The van der Waals surface area contributed by atoms with Gasteiger partial charge in [-0.2, -0.15) is 0 Å². The van der Waals surface area contributed by atoms with E-state index in [2.05, 4.69) is 10.1 Å². The van der Waals surface area contributed by atoms with E-state index in [9.17, 15) is 18.4 Å². The maximum atomic E-state index is 14.6. The minimum absolute atomic E-state index is 0.00678. The zero-order valence-corrected chi connectivity index (χ0v) is 17.3. The summed E-state index contributed by atoms with van der Waals surface area (Å²) in [5, 5.41) is 2.29. The zero-order chi connectivity index (χ0) is 22.3. The smallest absolute Gasteiger partial charge is 0.408 e. The standard InChI is InChI=1S/C22H25F2NO5/c1-22(2,3)30-21(27)25-19(20(26)28-4)12-16-17(23)10-15(11-18(16)24)29-13-14-8-6-5-7-9-14/h5-11,19H,12-13H2,1-4H3,(H,25,27)/t19-/m0/s1. The fraction of sp³-hybridized carbons (Fsp3) is 0.364. The Morgan fingerprint density at radius 3 is 2.20 bits per heavy atom. The molecule has 0 aliphatic heterocycles. The Balaban J connectivity index is 2.13. The van der Waals surface area contributed by atoms with Crippen molar-refractivity contribution in [2.75, 3.05) is 7.11 Å². The fourth-order valence-corrected chi connectivity index (χ4v) is 2.59. The molecule has 0 bridgehead atoms. The lowest BCUT2D eigenvalue weighted by Crippen LogP contribution is -2.45. The van der Waals surface area contributed by atoms with E-state index in [0.717, 1.165) is 24.8 Å². The predicted octanol–water partition coefficient (Wildman–Crippen LogP) is 4.15. The molecule has 2 aromatic rings. The lowest BCUT2D eigenvalue weighted by Gasteiger charge is -2.23. The molecule has 1 N–H and O–H groups in total. The van der Waals surface area contributed by atoms with Crippen LogP contribution in [0.15, 0.2) is 42.5 Å². The number of halogens is 2. The molecule has 0 heterocycles. The number of hydrogen-bond acceptors (Lipinski definition) is 5. The number of nitrogens with one attached hydrogen (secondary N) is 1. The minimum Gasteiger partial charge on any atom is -0.489 e. The van der Waals surface area contributed by atoms with Crippen LogP contribution in [0.3, 0.4) is 0 Å². The summed E-state index contributed by atoms with van der Waals surface area (Å²) in [6, 6.07) is 9.88. The van der Waals surface area contributed by atoms with Crippen LogP contribution in [0, 0.1) is 11.6 Å². The van der Waals surface area contributed by atoms with Crippen LogP contribution >= 0.6 is 0 Å². The van der Waals surface area contributed by atoms with Gasteiger partial charge in [0.25, 0.3) is 0 Å². The Hall–Kier alpha value is -3.16. The highest BCUT2D eigenvalue weighted by molar-refractivity contribution is 5.81. The molecule has 162 valence electrons. The van der Waals surface area contributed by atoms with Crippen molar-refractivity contribution in [3.8, 4) is 5.75 Å². The first-order valence-electron chi connectivity index (χ1n) is 9.31. The highest BCUT2D eigenvalue weighted by atomic mass is 19.1. The Labute approximate surface area is 174 Å². The molecule has 0 saturated heterocycles. The molecule has 2 rings (SSSR count). The van der Waals surface area contributed by atoms with Crippen LogP contribution < -0.4 is 10.1 Å². The number of benzene rings is 2. The maximum absolute atomic E-state index is 14.6. The maximum Gasteiger partial charge on any atom is 0.408 e. The number of alkyl carbamates (subject to hydrolysis) is 1. The summed E-state index contributed by atoms with van der Waals surface area (Å²) in [5.74, 6) is -2.66. The number of hydrogen-bond donors (Lipinski definition) is 1. The molecule has 8 heteroatoms. The summed E-state index contributed by atoms with van der Waals surface area (Å²) in [6.45, 7) is 5.08. The van der Waals surface area contributed by atoms with Crippen LogP contribution in [0.2, 0.25) is 0 Å². The van der Waals surface area contributed by atoms with Crippen molar-refractivity contribution in [1.29, 1.82) is 0 Å². The van der Waals surface area contributed by atoms with Gasteiger partial charge in [-0.15, -0.1) is 0 Å². The van der Waals surface area contributed by atoms with Gasteiger partial charge in [0, 0.05) is 24.1 Å². The van der Waals surface area contributed by atoms with Crippen molar-refractivity contribution in [3.05, 3.63) is 65.2 Å². The van der Waals surface area contributed by atoms with Gasteiger partial charge in [-0.3, -0.25) is 0 Å². The normalized spacial score (nSPS) is 12.1. The Morgan fingerprint density at radius 1 is 1.07 bits per heavy atom. The molecule has 0 fully saturated rings. The summed E-state index contributed by atoms with van der Waals surface area (Å²) >= 11 is 0. The van der Waals surface area contributed by atoms with E-state index >= 15 is 0 Å². The predicted molar refractivity (Wildman–Crippen MR) is 106 cm³/mol. The van der Waals surface area contributed by atoms with Gasteiger partial charge < -0.3 is 19.5 Å². The average Bonchev–Trinajstić information content (AvgIpc) is 2.67. The van der Waals surface area contributed by atoms with Gasteiger partial charge >= 0.3 is 12.1 Å². The molecule has 0 unspecified atom stereocenters. The SMILES string of the molecule is COC(=O)[C@H](Cc1c(F)cc(OCc2ccccc2)cc1F)NC(=O)OC(C)(C)C.